The Morgan fingerprint density at radius 2 is 2.16 bits per heavy atom. The van der Waals surface area contributed by atoms with Gasteiger partial charge in [-0.25, -0.2) is 0 Å². The quantitative estimate of drug-likeness (QED) is 0.577. The number of rotatable bonds is 5. The van der Waals surface area contributed by atoms with Crippen molar-refractivity contribution in [3.63, 3.8) is 0 Å². The number of aromatic nitrogens is 1. The largest absolute Gasteiger partial charge is 0.361 e. The monoisotopic (exact) mass is 384 g/mol. The van der Waals surface area contributed by atoms with Crippen LogP contribution in [0.5, 0.6) is 0 Å². The molecule has 1 aliphatic heterocycles. The van der Waals surface area contributed by atoms with E-state index in [2.05, 4.69) is 24.6 Å². The Bertz CT molecular complexity index is 449. The Labute approximate surface area is 132 Å². The molecule has 0 aliphatic carbocycles. The van der Waals surface area contributed by atoms with Crippen molar-refractivity contribution >= 4 is 43.6 Å². The zero-order valence-electron chi connectivity index (χ0n) is 11.8. The summed E-state index contributed by atoms with van der Waals surface area (Å²) in [4.78, 5) is 17.6. The predicted molar refractivity (Wildman–Crippen MR) is 80.2 cm³/mol. The molecule has 1 amide bonds. The van der Waals surface area contributed by atoms with Gasteiger partial charge >= 0.3 is 0 Å². The third kappa shape index (κ3) is 4.57. The Balaban J connectivity index is 0.00000180. The second kappa shape index (κ2) is 6.85. The van der Waals surface area contributed by atoms with Crippen LogP contribution in [-0.2, 0) is 16.0 Å². The normalized spacial score (nSPS) is 14.3. The molecule has 0 saturated heterocycles. The van der Waals surface area contributed by atoms with E-state index in [1.807, 2.05) is 6.07 Å². The van der Waals surface area contributed by atoms with Crippen LogP contribution in [0.1, 0.15) is 5.56 Å². The molecule has 19 heavy (non-hydrogen) atoms. The number of fused-ring (bicyclic) bond motifs is 1. The van der Waals surface area contributed by atoms with E-state index in [1.165, 1.54) is 0 Å². The molecule has 2 rings (SSSR count). The average Bonchev–Trinajstić information content (AvgIpc) is 2.59. The van der Waals surface area contributed by atoms with Crippen LogP contribution in [0.3, 0.4) is 0 Å². The molecule has 2 heterocycles. The van der Waals surface area contributed by atoms with Crippen LogP contribution in [0.25, 0.3) is 0 Å². The van der Waals surface area contributed by atoms with Crippen molar-refractivity contribution in [2.45, 2.75) is 32.1 Å². The van der Waals surface area contributed by atoms with Crippen LogP contribution in [0.2, 0.25) is 25.7 Å². The first-order valence-corrected chi connectivity index (χ1v) is 9.99. The van der Waals surface area contributed by atoms with E-state index in [9.17, 15) is 4.79 Å². The molecule has 0 N–H and O–H groups in total. The number of carbonyl (C=O) groups is 1. The molecule has 0 fully saturated rings. The van der Waals surface area contributed by atoms with Crippen LogP contribution in [-0.4, -0.2) is 56.2 Å². The van der Waals surface area contributed by atoms with Crippen molar-refractivity contribution in [2.24, 2.45) is 0 Å². The molecule has 0 aromatic carbocycles. The van der Waals surface area contributed by atoms with E-state index < -0.39 is 8.07 Å². The summed E-state index contributed by atoms with van der Waals surface area (Å²) in [6, 6.07) is 3.00. The Kier molecular flexibility index (Phi) is 6.00. The van der Waals surface area contributed by atoms with E-state index in [0.29, 0.717) is 13.2 Å². The van der Waals surface area contributed by atoms with E-state index in [4.69, 9.17) is 4.74 Å². The SMILES string of the molecule is C[Si](C)(C)CCOCN1C(=O)Cc2cnccc21.[Sn]. The van der Waals surface area contributed by atoms with Crippen LogP contribution in [0, 0.1) is 0 Å². The number of hydrogen-bond acceptors (Lipinski definition) is 3. The molecule has 6 heteroatoms. The molecule has 4 radical (unpaired) electrons. The van der Waals surface area contributed by atoms with Crippen molar-refractivity contribution in [3.8, 4) is 0 Å². The van der Waals surface area contributed by atoms with Crippen LogP contribution < -0.4 is 4.90 Å². The minimum absolute atomic E-state index is 0. The summed E-state index contributed by atoms with van der Waals surface area (Å²) in [7, 11) is -1.06. The average molecular weight is 383 g/mol. The fourth-order valence-electron chi connectivity index (χ4n) is 1.89. The molecule has 1 aromatic heterocycles. The first-order chi connectivity index (χ1) is 8.47. The minimum Gasteiger partial charge on any atom is -0.361 e. The van der Waals surface area contributed by atoms with E-state index in [1.54, 1.807) is 17.3 Å². The van der Waals surface area contributed by atoms with E-state index in [-0.39, 0.29) is 29.8 Å². The zero-order valence-corrected chi connectivity index (χ0v) is 15.6. The third-order valence-electron chi connectivity index (χ3n) is 3.03. The van der Waals surface area contributed by atoms with Crippen molar-refractivity contribution in [2.75, 3.05) is 18.2 Å². The maximum absolute atomic E-state index is 11.8. The molecular weight excluding hydrogens is 363 g/mol. The number of carbonyl (C=O) groups excluding carboxylic acids is 1. The summed E-state index contributed by atoms with van der Waals surface area (Å²) in [5, 5.41) is 0. The second-order valence-corrected chi connectivity index (χ2v) is 11.5. The molecule has 4 nitrogen and oxygen atoms in total. The second-order valence-electron chi connectivity index (χ2n) is 5.85. The van der Waals surface area contributed by atoms with Gasteiger partial charge in [-0.15, -0.1) is 0 Å². The van der Waals surface area contributed by atoms with Crippen LogP contribution >= 0.6 is 0 Å². The van der Waals surface area contributed by atoms with E-state index >= 15 is 0 Å². The summed E-state index contributed by atoms with van der Waals surface area (Å²) >= 11 is 0. The van der Waals surface area contributed by atoms with Crippen LogP contribution in [0.15, 0.2) is 18.5 Å². The predicted octanol–water partition coefficient (Wildman–Crippen LogP) is 1.90. The van der Waals surface area contributed by atoms with Gasteiger partial charge in [0.1, 0.15) is 6.73 Å². The maximum atomic E-state index is 11.8. The van der Waals surface area contributed by atoms with Gasteiger partial charge in [0, 0.05) is 56.5 Å². The Morgan fingerprint density at radius 3 is 2.84 bits per heavy atom. The van der Waals surface area contributed by atoms with Gasteiger partial charge in [-0.1, -0.05) is 19.6 Å². The molecule has 0 bridgehead atoms. The van der Waals surface area contributed by atoms with Gasteiger partial charge in [-0.2, -0.15) is 0 Å². The smallest absolute Gasteiger partial charge is 0.233 e. The molecular formula is C13H20N2O2SiSn. The standard InChI is InChI=1S/C13H20N2O2Si.Sn/c1-18(2,3)7-6-17-10-15-12-4-5-14-9-11(12)8-13(15)16;/h4-5,9H,6-8,10H2,1-3H3;. The van der Waals surface area contributed by atoms with Crippen LogP contribution in [0.4, 0.5) is 5.69 Å². The number of pyridine rings is 1. The number of ether oxygens (including phenoxy) is 1. The Morgan fingerprint density at radius 1 is 1.42 bits per heavy atom. The van der Waals surface area contributed by atoms with E-state index in [0.717, 1.165) is 23.9 Å². The first kappa shape index (κ1) is 16.6. The molecule has 1 aliphatic rings. The summed E-state index contributed by atoms with van der Waals surface area (Å²) in [5.74, 6) is 0.103. The molecule has 0 spiro atoms. The van der Waals surface area contributed by atoms with Gasteiger partial charge in [0.05, 0.1) is 12.1 Å². The maximum Gasteiger partial charge on any atom is 0.233 e. The molecule has 0 atom stereocenters. The summed E-state index contributed by atoms with van der Waals surface area (Å²) < 4.78 is 5.64. The first-order valence-electron chi connectivity index (χ1n) is 6.28. The summed E-state index contributed by atoms with van der Waals surface area (Å²) in [6.07, 6.45) is 3.92. The summed E-state index contributed by atoms with van der Waals surface area (Å²) in [5.41, 5.74) is 1.94. The third-order valence-corrected chi connectivity index (χ3v) is 4.73. The topological polar surface area (TPSA) is 42.4 Å². The van der Waals surface area contributed by atoms with Gasteiger partial charge in [0.25, 0.3) is 0 Å². The van der Waals surface area contributed by atoms with Gasteiger partial charge in [-0.3, -0.25) is 14.7 Å². The van der Waals surface area contributed by atoms with Crippen molar-refractivity contribution < 1.29 is 9.53 Å². The molecule has 0 unspecified atom stereocenters. The minimum atomic E-state index is -1.06. The fourth-order valence-corrected chi connectivity index (χ4v) is 2.64. The zero-order chi connectivity index (χ0) is 13.2. The van der Waals surface area contributed by atoms with Crippen molar-refractivity contribution in [1.82, 2.24) is 4.98 Å². The molecule has 0 saturated carbocycles. The fraction of sp³-hybridized carbons (Fsp3) is 0.538. The number of nitrogens with zero attached hydrogens (tertiary/aromatic N) is 2. The van der Waals surface area contributed by atoms with Gasteiger partial charge in [0.15, 0.2) is 0 Å². The number of anilines is 1. The Hall–Kier alpha value is -0.404. The summed E-state index contributed by atoms with van der Waals surface area (Å²) in [6.45, 7) is 8.05. The van der Waals surface area contributed by atoms with Gasteiger partial charge < -0.3 is 4.74 Å². The molecule has 102 valence electrons. The number of amides is 1. The van der Waals surface area contributed by atoms with Gasteiger partial charge in [0.2, 0.25) is 5.91 Å². The molecule has 1 aromatic rings. The van der Waals surface area contributed by atoms with Gasteiger partial charge in [-0.05, 0) is 12.1 Å². The van der Waals surface area contributed by atoms with Crippen molar-refractivity contribution in [3.05, 3.63) is 24.0 Å². The van der Waals surface area contributed by atoms with Crippen molar-refractivity contribution in [1.29, 1.82) is 0 Å². The number of hydrogen-bond donors (Lipinski definition) is 0.